The van der Waals surface area contributed by atoms with Crippen LogP contribution in [0.3, 0.4) is 0 Å². The second kappa shape index (κ2) is 8.14. The second-order valence-corrected chi connectivity index (χ2v) is 6.84. The molecule has 0 saturated carbocycles. The Balaban J connectivity index is 0.00000261. The monoisotopic (exact) mass is 396 g/mol. The fourth-order valence-electron chi connectivity index (χ4n) is 3.47. The Morgan fingerprint density at radius 1 is 1.33 bits per heavy atom. The van der Waals surface area contributed by atoms with Crippen LogP contribution in [0, 0.1) is 0 Å². The lowest BCUT2D eigenvalue weighted by Crippen LogP contribution is -2.54. The van der Waals surface area contributed by atoms with Crippen LogP contribution in [0.5, 0.6) is 5.75 Å². The molecule has 0 aliphatic carbocycles. The summed E-state index contributed by atoms with van der Waals surface area (Å²) in [7, 11) is 1.51. The summed E-state index contributed by atoms with van der Waals surface area (Å²) in [5.41, 5.74) is -0.702. The van der Waals surface area contributed by atoms with Crippen LogP contribution in [0.25, 0.3) is 0 Å². The number of benzene rings is 1. The van der Waals surface area contributed by atoms with Gasteiger partial charge in [0.25, 0.3) is 5.91 Å². The van der Waals surface area contributed by atoms with Gasteiger partial charge in [0.15, 0.2) is 0 Å². The van der Waals surface area contributed by atoms with Crippen LogP contribution in [0.4, 0.5) is 4.79 Å². The van der Waals surface area contributed by atoms with Gasteiger partial charge < -0.3 is 20.3 Å². The summed E-state index contributed by atoms with van der Waals surface area (Å²) in [6.45, 7) is 5.19. The zero-order chi connectivity index (χ0) is 18.9. The quantitative estimate of drug-likeness (QED) is 0.731. The summed E-state index contributed by atoms with van der Waals surface area (Å²) in [5, 5.41) is 5.97. The summed E-state index contributed by atoms with van der Waals surface area (Å²) in [6, 6.07) is 6.66. The smallest absolute Gasteiger partial charge is 0.325 e. The first-order valence-electron chi connectivity index (χ1n) is 8.65. The largest absolute Gasteiger partial charge is 0.496 e. The highest BCUT2D eigenvalue weighted by Crippen LogP contribution is 2.34. The van der Waals surface area contributed by atoms with E-state index in [4.69, 9.17) is 4.74 Å². The third-order valence-electron chi connectivity index (χ3n) is 4.94. The molecule has 148 valence electrons. The fourth-order valence-corrected chi connectivity index (χ4v) is 3.47. The number of nitrogens with zero attached hydrogens (tertiary/aromatic N) is 2. The maximum absolute atomic E-state index is 13.0. The molecular formula is C18H25ClN4O4. The van der Waals surface area contributed by atoms with Crippen molar-refractivity contribution in [1.82, 2.24) is 20.4 Å². The summed E-state index contributed by atoms with van der Waals surface area (Å²) in [6.07, 6.45) is 0. The number of carbonyl (C=O) groups excluding carboxylic acids is 3. The van der Waals surface area contributed by atoms with Crippen molar-refractivity contribution in [2.24, 2.45) is 0 Å². The van der Waals surface area contributed by atoms with E-state index in [2.05, 4.69) is 10.6 Å². The SMILES string of the molecule is COc1ccccc1C1(C)NC(=O)N(CC(=O)N2CCN[C@H](C)C2)C1=O.Cl. The highest BCUT2D eigenvalue weighted by atomic mass is 35.5. The van der Waals surface area contributed by atoms with Crippen molar-refractivity contribution in [1.29, 1.82) is 0 Å². The van der Waals surface area contributed by atoms with Crippen molar-refractivity contribution in [3.8, 4) is 5.75 Å². The number of para-hydroxylation sites is 1. The molecule has 2 atom stereocenters. The van der Waals surface area contributed by atoms with E-state index < -0.39 is 17.5 Å². The van der Waals surface area contributed by atoms with Crippen molar-refractivity contribution in [2.75, 3.05) is 33.3 Å². The number of urea groups is 1. The van der Waals surface area contributed by atoms with E-state index >= 15 is 0 Å². The predicted octanol–water partition coefficient (Wildman–Crippen LogP) is 0.704. The lowest BCUT2D eigenvalue weighted by Gasteiger charge is -2.32. The first-order valence-corrected chi connectivity index (χ1v) is 8.65. The zero-order valence-electron chi connectivity index (χ0n) is 15.7. The van der Waals surface area contributed by atoms with E-state index in [0.29, 0.717) is 30.9 Å². The number of imide groups is 1. The molecule has 1 aromatic carbocycles. The number of hydrogen-bond donors (Lipinski definition) is 2. The minimum absolute atomic E-state index is 0. The number of piperazine rings is 1. The van der Waals surface area contributed by atoms with E-state index in [9.17, 15) is 14.4 Å². The number of rotatable bonds is 4. The summed E-state index contributed by atoms with van der Waals surface area (Å²) in [4.78, 5) is 40.6. The molecule has 4 amide bonds. The number of ether oxygens (including phenoxy) is 1. The highest BCUT2D eigenvalue weighted by molar-refractivity contribution is 6.09. The normalized spacial score (nSPS) is 25.1. The van der Waals surface area contributed by atoms with Crippen molar-refractivity contribution in [3.05, 3.63) is 29.8 Å². The molecule has 3 rings (SSSR count). The van der Waals surface area contributed by atoms with Gasteiger partial charge in [-0.25, -0.2) is 4.79 Å². The van der Waals surface area contributed by atoms with Gasteiger partial charge in [0.2, 0.25) is 5.91 Å². The van der Waals surface area contributed by atoms with Crippen LogP contribution in [-0.4, -0.2) is 67.0 Å². The molecule has 2 fully saturated rings. The van der Waals surface area contributed by atoms with E-state index in [1.165, 1.54) is 7.11 Å². The highest BCUT2D eigenvalue weighted by Gasteiger charge is 2.51. The Labute approximate surface area is 164 Å². The molecular weight excluding hydrogens is 372 g/mol. The number of amides is 4. The Kier molecular flexibility index (Phi) is 6.33. The van der Waals surface area contributed by atoms with Gasteiger partial charge in [-0.3, -0.25) is 14.5 Å². The minimum atomic E-state index is -1.26. The molecule has 2 aliphatic heterocycles. The molecule has 2 N–H and O–H groups in total. The molecule has 1 unspecified atom stereocenters. The fraction of sp³-hybridized carbons (Fsp3) is 0.500. The minimum Gasteiger partial charge on any atom is -0.496 e. The molecule has 2 aliphatic rings. The van der Waals surface area contributed by atoms with Crippen LogP contribution in [0.15, 0.2) is 24.3 Å². The summed E-state index contributed by atoms with van der Waals surface area (Å²) in [5.74, 6) is -0.178. The first-order chi connectivity index (χ1) is 12.4. The van der Waals surface area contributed by atoms with E-state index in [1.807, 2.05) is 6.92 Å². The number of nitrogens with one attached hydrogen (secondary N) is 2. The van der Waals surface area contributed by atoms with Crippen molar-refractivity contribution < 1.29 is 19.1 Å². The molecule has 8 nitrogen and oxygen atoms in total. The lowest BCUT2D eigenvalue weighted by atomic mass is 9.91. The standard InChI is InChI=1S/C18H24N4O4.ClH/c1-12-10-21(9-8-19-12)15(23)11-22-16(24)18(2,20-17(22)25)13-6-4-5-7-14(13)26-3;/h4-7,12,19H,8-11H2,1-3H3,(H,20,25);1H/t12-,18?;/m1./s1. The molecule has 27 heavy (non-hydrogen) atoms. The van der Waals surface area contributed by atoms with Crippen LogP contribution < -0.4 is 15.4 Å². The van der Waals surface area contributed by atoms with Crippen molar-refractivity contribution >= 4 is 30.3 Å². The molecule has 0 aromatic heterocycles. The van der Waals surface area contributed by atoms with Gasteiger partial charge in [-0.1, -0.05) is 18.2 Å². The van der Waals surface area contributed by atoms with Gasteiger partial charge in [0, 0.05) is 31.2 Å². The van der Waals surface area contributed by atoms with Crippen LogP contribution in [0.2, 0.25) is 0 Å². The molecule has 0 bridgehead atoms. The third kappa shape index (κ3) is 3.86. The lowest BCUT2D eigenvalue weighted by molar-refractivity contribution is -0.139. The van der Waals surface area contributed by atoms with Gasteiger partial charge in [0.05, 0.1) is 7.11 Å². The predicted molar refractivity (Wildman–Crippen MR) is 102 cm³/mol. The average molecular weight is 397 g/mol. The van der Waals surface area contributed by atoms with Crippen molar-refractivity contribution in [3.63, 3.8) is 0 Å². The van der Waals surface area contributed by atoms with Gasteiger partial charge in [-0.15, -0.1) is 12.4 Å². The second-order valence-electron chi connectivity index (χ2n) is 6.84. The van der Waals surface area contributed by atoms with E-state index in [-0.39, 0.29) is 30.9 Å². The van der Waals surface area contributed by atoms with Gasteiger partial charge in [0.1, 0.15) is 17.8 Å². The number of methoxy groups -OCH3 is 1. The third-order valence-corrected chi connectivity index (χ3v) is 4.94. The van der Waals surface area contributed by atoms with Crippen molar-refractivity contribution in [2.45, 2.75) is 25.4 Å². The Morgan fingerprint density at radius 3 is 2.70 bits per heavy atom. The molecule has 9 heteroatoms. The molecule has 2 saturated heterocycles. The topological polar surface area (TPSA) is 91.0 Å². The average Bonchev–Trinajstić information content (AvgIpc) is 2.85. The van der Waals surface area contributed by atoms with E-state index in [1.54, 1.807) is 36.1 Å². The maximum atomic E-state index is 13.0. The zero-order valence-corrected chi connectivity index (χ0v) is 16.5. The maximum Gasteiger partial charge on any atom is 0.325 e. The number of halogens is 1. The summed E-state index contributed by atoms with van der Waals surface area (Å²) < 4.78 is 5.33. The Morgan fingerprint density at radius 2 is 2.04 bits per heavy atom. The first kappa shape index (κ1) is 21.0. The van der Waals surface area contributed by atoms with Gasteiger partial charge >= 0.3 is 6.03 Å². The Hall–Kier alpha value is -2.32. The Bertz CT molecular complexity index is 744. The number of carbonyl (C=O) groups is 3. The summed E-state index contributed by atoms with van der Waals surface area (Å²) >= 11 is 0. The molecule has 0 spiro atoms. The van der Waals surface area contributed by atoms with Crippen LogP contribution in [-0.2, 0) is 15.1 Å². The number of hydrogen-bond acceptors (Lipinski definition) is 5. The van der Waals surface area contributed by atoms with Crippen LogP contribution >= 0.6 is 12.4 Å². The van der Waals surface area contributed by atoms with Crippen LogP contribution in [0.1, 0.15) is 19.4 Å². The van der Waals surface area contributed by atoms with E-state index in [0.717, 1.165) is 4.90 Å². The van der Waals surface area contributed by atoms with Gasteiger partial charge in [-0.2, -0.15) is 0 Å². The molecule has 1 aromatic rings. The van der Waals surface area contributed by atoms with Gasteiger partial charge in [-0.05, 0) is 19.9 Å². The molecule has 0 radical (unpaired) electrons. The molecule has 2 heterocycles.